The Morgan fingerprint density at radius 2 is 1.90 bits per heavy atom. The Kier molecular flexibility index (Phi) is 7.53. The average molecular weight is 562 g/mol. The molecule has 1 N–H and O–H groups in total. The van der Waals surface area contributed by atoms with Gasteiger partial charge < -0.3 is 9.88 Å². The van der Waals surface area contributed by atoms with Crippen LogP contribution in [0.4, 0.5) is 15.1 Å². The van der Waals surface area contributed by atoms with Crippen LogP contribution in [0.2, 0.25) is 5.02 Å². The van der Waals surface area contributed by atoms with Gasteiger partial charge in [-0.3, -0.25) is 4.79 Å². The summed E-state index contributed by atoms with van der Waals surface area (Å²) >= 11 is 7.69. The normalized spacial score (nSPS) is 15.5. The first kappa shape index (κ1) is 27.4. The number of aliphatic imine (C=N–C) groups is 1. The fourth-order valence-corrected chi connectivity index (χ4v) is 6.86. The topological polar surface area (TPSA) is 46.4 Å². The van der Waals surface area contributed by atoms with E-state index in [0.29, 0.717) is 11.5 Å². The molecule has 2 heterocycles. The van der Waals surface area contributed by atoms with Crippen molar-refractivity contribution in [2.24, 2.45) is 16.3 Å². The number of nitrogens with one attached hydrogen (secondary N) is 1. The summed E-state index contributed by atoms with van der Waals surface area (Å²) in [6.45, 7) is 10.9. The maximum atomic E-state index is 13.8. The van der Waals surface area contributed by atoms with Crippen LogP contribution in [-0.4, -0.2) is 16.7 Å². The van der Waals surface area contributed by atoms with Gasteiger partial charge in [0, 0.05) is 39.4 Å². The lowest BCUT2D eigenvalue weighted by atomic mass is 9.72. The van der Waals surface area contributed by atoms with E-state index < -0.39 is 5.82 Å². The predicted octanol–water partition coefficient (Wildman–Crippen LogP) is 9.10. The van der Waals surface area contributed by atoms with Gasteiger partial charge in [-0.2, -0.15) is 0 Å². The van der Waals surface area contributed by atoms with E-state index >= 15 is 0 Å². The van der Waals surface area contributed by atoms with E-state index in [0.717, 1.165) is 58.2 Å². The lowest BCUT2D eigenvalue weighted by Gasteiger charge is -2.33. The Labute approximate surface area is 238 Å². The van der Waals surface area contributed by atoms with Crippen molar-refractivity contribution in [3.05, 3.63) is 98.4 Å². The number of aryl methyl sites for hydroxylation is 1. The monoisotopic (exact) mass is 561 g/mol. The van der Waals surface area contributed by atoms with E-state index in [1.54, 1.807) is 23.5 Å². The Balaban J connectivity index is 1.52. The molecule has 0 saturated carbocycles. The predicted molar refractivity (Wildman–Crippen MR) is 161 cm³/mol. The maximum absolute atomic E-state index is 13.8. The van der Waals surface area contributed by atoms with Crippen LogP contribution in [0, 0.1) is 31.0 Å². The molecule has 4 aromatic rings. The third kappa shape index (κ3) is 5.59. The highest BCUT2D eigenvalue weighted by molar-refractivity contribution is 7.16. The standard InChI is InChI=1S/C32H33ClFN3OS/c1-19-15-21(20(2)37(19)24-12-14-27(34)26(33)17-24)18-35-31-29(30(38)36-23-9-7-6-8-10-23)25-13-11-22(32(3,4)5)16-28(25)39-31/h6-10,12,14-15,17-18,22H,11,13,16H2,1-5H3,(H,36,38)/t22-/m0/s1. The van der Waals surface area contributed by atoms with Crippen molar-refractivity contribution < 1.29 is 9.18 Å². The van der Waals surface area contributed by atoms with Gasteiger partial charge in [0.15, 0.2) is 0 Å². The second kappa shape index (κ2) is 10.7. The molecule has 1 atom stereocenters. The number of anilines is 1. The van der Waals surface area contributed by atoms with Crippen molar-refractivity contribution in [2.45, 2.75) is 53.9 Å². The van der Waals surface area contributed by atoms with E-state index in [1.807, 2.05) is 61.0 Å². The van der Waals surface area contributed by atoms with E-state index in [2.05, 4.69) is 26.1 Å². The Morgan fingerprint density at radius 3 is 2.59 bits per heavy atom. The molecule has 202 valence electrons. The lowest BCUT2D eigenvalue weighted by Crippen LogP contribution is -2.27. The number of para-hydroxylation sites is 1. The fraction of sp³-hybridized carbons (Fsp3) is 0.312. The summed E-state index contributed by atoms with van der Waals surface area (Å²) in [5.74, 6) is -0.000190. The lowest BCUT2D eigenvalue weighted by molar-refractivity contribution is 0.102. The molecule has 0 radical (unpaired) electrons. The van der Waals surface area contributed by atoms with Gasteiger partial charge in [0.25, 0.3) is 5.91 Å². The SMILES string of the molecule is Cc1cc(C=Nc2sc3c(c2C(=O)Nc2ccccc2)CC[C@H](C(C)(C)C)C3)c(C)n1-c1ccc(F)c(Cl)c1. The molecule has 0 fully saturated rings. The van der Waals surface area contributed by atoms with Crippen molar-refractivity contribution in [1.82, 2.24) is 4.57 Å². The van der Waals surface area contributed by atoms with Crippen LogP contribution in [0.3, 0.4) is 0 Å². The highest BCUT2D eigenvalue weighted by atomic mass is 35.5. The summed E-state index contributed by atoms with van der Waals surface area (Å²) in [6.07, 6.45) is 4.73. The molecule has 0 unspecified atom stereocenters. The van der Waals surface area contributed by atoms with Gasteiger partial charge in [0.1, 0.15) is 10.8 Å². The molecule has 0 bridgehead atoms. The summed E-state index contributed by atoms with van der Waals surface area (Å²) < 4.78 is 15.8. The van der Waals surface area contributed by atoms with Gasteiger partial charge in [0.05, 0.1) is 10.6 Å². The minimum Gasteiger partial charge on any atom is -0.322 e. The number of thiophene rings is 1. The maximum Gasteiger partial charge on any atom is 0.259 e. The zero-order valence-corrected chi connectivity index (χ0v) is 24.5. The van der Waals surface area contributed by atoms with Crippen molar-refractivity contribution >= 4 is 45.7 Å². The van der Waals surface area contributed by atoms with Gasteiger partial charge >= 0.3 is 0 Å². The van der Waals surface area contributed by atoms with Crippen molar-refractivity contribution in [3.63, 3.8) is 0 Å². The van der Waals surface area contributed by atoms with Crippen LogP contribution >= 0.6 is 22.9 Å². The third-order valence-electron chi connectivity index (χ3n) is 7.68. The number of benzene rings is 2. The number of rotatable bonds is 5. The first-order valence-electron chi connectivity index (χ1n) is 13.2. The van der Waals surface area contributed by atoms with Crippen LogP contribution < -0.4 is 5.32 Å². The summed E-state index contributed by atoms with van der Waals surface area (Å²) in [4.78, 5) is 19.8. The highest BCUT2D eigenvalue weighted by Gasteiger charge is 2.33. The second-order valence-electron chi connectivity index (χ2n) is 11.3. The first-order chi connectivity index (χ1) is 18.5. The largest absolute Gasteiger partial charge is 0.322 e. The van der Waals surface area contributed by atoms with Gasteiger partial charge in [-0.15, -0.1) is 11.3 Å². The summed E-state index contributed by atoms with van der Waals surface area (Å²) in [5, 5.41) is 3.90. The van der Waals surface area contributed by atoms with Crippen LogP contribution in [0.1, 0.15) is 64.9 Å². The number of hydrogen-bond acceptors (Lipinski definition) is 3. The van der Waals surface area contributed by atoms with Crippen molar-refractivity contribution in [1.29, 1.82) is 0 Å². The summed E-state index contributed by atoms with van der Waals surface area (Å²) in [7, 11) is 0. The van der Waals surface area contributed by atoms with E-state index in [-0.39, 0.29) is 16.3 Å². The molecule has 0 saturated heterocycles. The van der Waals surface area contributed by atoms with Gasteiger partial charge in [-0.25, -0.2) is 9.38 Å². The van der Waals surface area contributed by atoms with Crippen LogP contribution in [0.15, 0.2) is 59.6 Å². The molecular weight excluding hydrogens is 529 g/mol. The molecule has 1 amide bonds. The Hall–Kier alpha value is -3.22. The Morgan fingerprint density at radius 1 is 1.15 bits per heavy atom. The van der Waals surface area contributed by atoms with Crippen LogP contribution in [0.25, 0.3) is 5.69 Å². The minimum absolute atomic E-state index is 0.0852. The van der Waals surface area contributed by atoms with Crippen LogP contribution in [-0.2, 0) is 12.8 Å². The molecule has 2 aromatic carbocycles. The molecule has 5 rings (SSSR count). The minimum atomic E-state index is -0.443. The number of amides is 1. The number of carbonyl (C=O) groups is 1. The molecule has 0 spiro atoms. The van der Waals surface area contributed by atoms with E-state index in [4.69, 9.17) is 16.6 Å². The van der Waals surface area contributed by atoms with Gasteiger partial charge in [-0.05, 0) is 86.4 Å². The van der Waals surface area contributed by atoms with Gasteiger partial charge in [0.2, 0.25) is 0 Å². The van der Waals surface area contributed by atoms with Crippen molar-refractivity contribution in [2.75, 3.05) is 5.32 Å². The number of halogens is 2. The number of nitrogens with zero attached hydrogens (tertiary/aromatic N) is 2. The molecule has 4 nitrogen and oxygen atoms in total. The molecule has 1 aliphatic rings. The van der Waals surface area contributed by atoms with E-state index in [1.165, 1.54) is 10.9 Å². The second-order valence-corrected chi connectivity index (χ2v) is 12.8. The fourth-order valence-electron chi connectivity index (χ4n) is 5.42. The first-order valence-corrected chi connectivity index (χ1v) is 14.4. The molecule has 1 aliphatic carbocycles. The number of carbonyl (C=O) groups excluding carboxylic acids is 1. The number of fused-ring (bicyclic) bond motifs is 1. The molecule has 0 aliphatic heterocycles. The van der Waals surface area contributed by atoms with Crippen LogP contribution in [0.5, 0.6) is 0 Å². The zero-order valence-electron chi connectivity index (χ0n) is 22.9. The molecule has 2 aromatic heterocycles. The van der Waals surface area contributed by atoms with Crippen molar-refractivity contribution in [3.8, 4) is 5.69 Å². The molecule has 7 heteroatoms. The zero-order chi connectivity index (χ0) is 27.9. The Bertz CT molecular complexity index is 1560. The number of aromatic nitrogens is 1. The summed E-state index contributed by atoms with van der Waals surface area (Å²) in [5.41, 5.74) is 6.45. The number of hydrogen-bond donors (Lipinski definition) is 1. The van der Waals surface area contributed by atoms with E-state index in [9.17, 15) is 9.18 Å². The summed E-state index contributed by atoms with van der Waals surface area (Å²) in [6, 6.07) is 16.3. The quantitative estimate of drug-likeness (QED) is 0.243. The molecular formula is C32H33ClFN3OS. The third-order valence-corrected chi connectivity index (χ3v) is 9.13. The average Bonchev–Trinajstić information content (AvgIpc) is 3.40. The highest BCUT2D eigenvalue weighted by Crippen LogP contribution is 2.45. The molecule has 39 heavy (non-hydrogen) atoms. The smallest absolute Gasteiger partial charge is 0.259 e. The van der Waals surface area contributed by atoms with Gasteiger partial charge in [-0.1, -0.05) is 50.6 Å².